The average Bonchev–Trinajstić information content (AvgIpc) is 2.89. The zero-order chi connectivity index (χ0) is 24.0. The minimum absolute atomic E-state index is 0.367. The summed E-state index contributed by atoms with van der Waals surface area (Å²) < 4.78 is 5.93. The van der Waals surface area contributed by atoms with Crippen LogP contribution in [0.4, 0.5) is 0 Å². The Bertz CT molecular complexity index is 950. The van der Waals surface area contributed by atoms with Crippen molar-refractivity contribution in [3.05, 3.63) is 53.1 Å². The zero-order valence-electron chi connectivity index (χ0n) is 20.6. The van der Waals surface area contributed by atoms with Gasteiger partial charge in [-0.1, -0.05) is 51.9 Å². The van der Waals surface area contributed by atoms with Gasteiger partial charge in [0.25, 0.3) is 0 Å². The summed E-state index contributed by atoms with van der Waals surface area (Å²) in [7, 11) is 0. The number of aryl methyl sites for hydroxylation is 1. The Kier molecular flexibility index (Phi) is 10.9. The van der Waals surface area contributed by atoms with Crippen molar-refractivity contribution < 1.29 is 4.74 Å². The molecule has 1 aromatic heterocycles. The minimum Gasteiger partial charge on any atom is -0.493 e. The van der Waals surface area contributed by atoms with Crippen molar-refractivity contribution in [3.63, 3.8) is 0 Å². The molecule has 0 saturated heterocycles. The van der Waals surface area contributed by atoms with Crippen LogP contribution in [0, 0.1) is 28.6 Å². The molecule has 0 aliphatic heterocycles. The topological polar surface area (TPSA) is 82.6 Å². The van der Waals surface area contributed by atoms with Crippen molar-refractivity contribution in [2.75, 3.05) is 6.61 Å². The van der Waals surface area contributed by atoms with Gasteiger partial charge in [0.05, 0.1) is 17.7 Å². The molecule has 1 aliphatic rings. The first-order valence-electron chi connectivity index (χ1n) is 13.1. The van der Waals surface area contributed by atoms with E-state index in [9.17, 15) is 5.26 Å². The Morgan fingerprint density at radius 2 is 1.50 bits per heavy atom. The Labute approximate surface area is 205 Å². The van der Waals surface area contributed by atoms with Crippen molar-refractivity contribution in [2.45, 2.75) is 96.3 Å². The molecule has 1 fully saturated rings. The van der Waals surface area contributed by atoms with Crippen LogP contribution in [0.2, 0.25) is 0 Å². The molecule has 0 unspecified atom stereocenters. The van der Waals surface area contributed by atoms with Crippen LogP contribution in [0.15, 0.2) is 30.6 Å². The normalized spacial score (nSPS) is 17.6. The van der Waals surface area contributed by atoms with Gasteiger partial charge >= 0.3 is 0 Å². The van der Waals surface area contributed by atoms with Gasteiger partial charge in [-0.2, -0.15) is 10.5 Å². The number of benzene rings is 1. The molecule has 1 aromatic carbocycles. The van der Waals surface area contributed by atoms with E-state index in [1.807, 2.05) is 18.5 Å². The van der Waals surface area contributed by atoms with E-state index in [4.69, 9.17) is 20.0 Å². The van der Waals surface area contributed by atoms with Gasteiger partial charge in [0.1, 0.15) is 23.7 Å². The molecule has 180 valence electrons. The van der Waals surface area contributed by atoms with Crippen molar-refractivity contribution >= 4 is 0 Å². The predicted octanol–water partition coefficient (Wildman–Crippen LogP) is 7.26. The monoisotopic (exact) mass is 458 g/mol. The fraction of sp³-hybridized carbons (Fsp3) is 0.586. The van der Waals surface area contributed by atoms with Gasteiger partial charge in [-0.15, -0.1) is 0 Å². The highest BCUT2D eigenvalue weighted by molar-refractivity contribution is 5.49. The largest absolute Gasteiger partial charge is 0.493 e. The Balaban J connectivity index is 1.34. The lowest BCUT2D eigenvalue weighted by Gasteiger charge is -2.27. The van der Waals surface area contributed by atoms with E-state index in [1.54, 1.807) is 18.2 Å². The molecule has 0 N–H and O–H groups in total. The third-order valence-corrected chi connectivity index (χ3v) is 6.97. The summed E-state index contributed by atoms with van der Waals surface area (Å²) in [6, 6.07) is 9.18. The predicted molar refractivity (Wildman–Crippen MR) is 134 cm³/mol. The van der Waals surface area contributed by atoms with E-state index in [0.717, 1.165) is 37.9 Å². The smallest absolute Gasteiger partial charge is 0.131 e. The van der Waals surface area contributed by atoms with Gasteiger partial charge in [0, 0.05) is 18.3 Å². The van der Waals surface area contributed by atoms with Crippen LogP contribution in [0.3, 0.4) is 0 Å². The highest BCUT2D eigenvalue weighted by Gasteiger charge is 2.24. The van der Waals surface area contributed by atoms with Gasteiger partial charge in [-0.3, -0.25) is 0 Å². The molecule has 2 aromatic rings. The summed E-state index contributed by atoms with van der Waals surface area (Å²) >= 11 is 0. The second-order valence-electron chi connectivity index (χ2n) is 9.63. The molecular weight excluding hydrogens is 420 g/mol. The van der Waals surface area contributed by atoms with E-state index in [-0.39, 0.29) is 0 Å². The highest BCUT2D eigenvalue weighted by atomic mass is 16.5. The maximum atomic E-state index is 9.17. The first-order valence-corrected chi connectivity index (χ1v) is 13.1. The molecule has 0 atom stereocenters. The van der Waals surface area contributed by atoms with Gasteiger partial charge in [0.2, 0.25) is 0 Å². The summed E-state index contributed by atoms with van der Waals surface area (Å²) in [4.78, 5) is 9.41. The summed E-state index contributed by atoms with van der Waals surface area (Å²) in [5.41, 5.74) is 2.02. The van der Waals surface area contributed by atoms with Gasteiger partial charge in [-0.05, 0) is 68.2 Å². The minimum atomic E-state index is 0.367. The van der Waals surface area contributed by atoms with Gasteiger partial charge in [-0.25, -0.2) is 9.97 Å². The number of hydrogen-bond donors (Lipinski definition) is 0. The Hall–Kier alpha value is -2.92. The van der Waals surface area contributed by atoms with E-state index in [1.165, 1.54) is 56.9 Å². The number of nitriles is 2. The summed E-state index contributed by atoms with van der Waals surface area (Å²) in [6.45, 7) is 2.91. The molecule has 5 nitrogen and oxygen atoms in total. The Morgan fingerprint density at radius 1 is 0.853 bits per heavy atom. The lowest BCUT2D eigenvalue weighted by Crippen LogP contribution is -2.20. The van der Waals surface area contributed by atoms with E-state index in [2.05, 4.69) is 13.0 Å². The SMILES string of the molecule is CCCCCCCCCCc1cnc(C2CCC(COc3ccc(C#N)c(C#N)c3)CC2)nc1. The fourth-order valence-electron chi connectivity index (χ4n) is 4.77. The molecule has 0 amide bonds. The van der Waals surface area contributed by atoms with Crippen LogP contribution in [0.1, 0.15) is 112 Å². The standard InChI is InChI=1S/C29H38N4O/c1-2-3-4-5-6-7-8-9-10-24-20-32-29(33-21-24)25-13-11-23(12-14-25)22-34-28-16-15-26(18-30)27(17-28)19-31/h15-17,20-21,23,25H,2-14,22H2,1H3. The second kappa shape index (κ2) is 14.4. The van der Waals surface area contributed by atoms with Crippen molar-refractivity contribution in [3.8, 4) is 17.9 Å². The number of ether oxygens (including phenoxy) is 1. The van der Waals surface area contributed by atoms with E-state index in [0.29, 0.717) is 35.3 Å². The van der Waals surface area contributed by atoms with E-state index >= 15 is 0 Å². The number of rotatable bonds is 13. The van der Waals surface area contributed by atoms with Crippen molar-refractivity contribution in [1.82, 2.24) is 9.97 Å². The molecule has 1 aliphatic carbocycles. The number of aromatic nitrogens is 2. The van der Waals surface area contributed by atoms with Crippen LogP contribution < -0.4 is 4.74 Å². The van der Waals surface area contributed by atoms with Gasteiger partial charge in [0.15, 0.2) is 0 Å². The lowest BCUT2D eigenvalue weighted by atomic mass is 9.82. The third-order valence-electron chi connectivity index (χ3n) is 6.97. The molecule has 0 bridgehead atoms. The fourth-order valence-corrected chi connectivity index (χ4v) is 4.77. The second-order valence-corrected chi connectivity index (χ2v) is 9.63. The van der Waals surface area contributed by atoms with Gasteiger partial charge < -0.3 is 4.74 Å². The summed E-state index contributed by atoms with van der Waals surface area (Å²) in [5, 5.41) is 18.2. The first-order chi connectivity index (χ1) is 16.7. The van der Waals surface area contributed by atoms with Crippen molar-refractivity contribution in [1.29, 1.82) is 10.5 Å². The lowest BCUT2D eigenvalue weighted by molar-refractivity contribution is 0.198. The quantitative estimate of drug-likeness (QED) is 0.295. The summed E-state index contributed by atoms with van der Waals surface area (Å²) in [6.07, 6.45) is 20.2. The molecule has 1 heterocycles. The molecule has 0 spiro atoms. The summed E-state index contributed by atoms with van der Waals surface area (Å²) in [5.74, 6) is 2.59. The average molecular weight is 459 g/mol. The molecular formula is C29H38N4O. The number of nitrogens with zero attached hydrogens (tertiary/aromatic N) is 4. The first kappa shape index (κ1) is 25.7. The van der Waals surface area contributed by atoms with Crippen LogP contribution >= 0.6 is 0 Å². The van der Waals surface area contributed by atoms with Crippen LogP contribution in [-0.2, 0) is 6.42 Å². The number of hydrogen-bond acceptors (Lipinski definition) is 5. The Morgan fingerprint density at radius 3 is 2.15 bits per heavy atom. The molecule has 5 heteroatoms. The molecule has 1 saturated carbocycles. The number of unbranched alkanes of at least 4 members (excludes halogenated alkanes) is 7. The maximum Gasteiger partial charge on any atom is 0.131 e. The van der Waals surface area contributed by atoms with Crippen LogP contribution in [0.25, 0.3) is 0 Å². The van der Waals surface area contributed by atoms with Crippen LogP contribution in [0.5, 0.6) is 5.75 Å². The molecule has 3 rings (SSSR count). The van der Waals surface area contributed by atoms with Crippen molar-refractivity contribution in [2.24, 2.45) is 5.92 Å². The highest BCUT2D eigenvalue weighted by Crippen LogP contribution is 2.34. The maximum absolute atomic E-state index is 9.17. The zero-order valence-corrected chi connectivity index (χ0v) is 20.6. The van der Waals surface area contributed by atoms with E-state index < -0.39 is 0 Å². The van der Waals surface area contributed by atoms with Crippen LogP contribution in [-0.4, -0.2) is 16.6 Å². The molecule has 34 heavy (non-hydrogen) atoms. The molecule has 0 radical (unpaired) electrons. The third kappa shape index (κ3) is 8.14.